The van der Waals surface area contributed by atoms with Gasteiger partial charge in [-0.3, -0.25) is 0 Å². The second-order valence-electron chi connectivity index (χ2n) is 4.43. The molecule has 1 aromatic heterocycles. The number of nitrogens with one attached hydrogen (secondary N) is 1. The quantitative estimate of drug-likeness (QED) is 0.759. The van der Waals surface area contributed by atoms with Crippen LogP contribution in [0.15, 0.2) is 24.3 Å². The van der Waals surface area contributed by atoms with Crippen molar-refractivity contribution in [1.82, 2.24) is 9.97 Å². The van der Waals surface area contributed by atoms with E-state index in [9.17, 15) is 0 Å². The Labute approximate surface area is 94.5 Å². The molecule has 0 amide bonds. The first-order valence-corrected chi connectivity index (χ1v) is 5.78. The van der Waals surface area contributed by atoms with Crippen molar-refractivity contribution in [3.63, 3.8) is 0 Å². The molecule has 1 unspecified atom stereocenters. The summed E-state index contributed by atoms with van der Waals surface area (Å²) in [7, 11) is 0. The second kappa shape index (κ2) is 3.79. The van der Waals surface area contributed by atoms with Gasteiger partial charge in [0.15, 0.2) is 0 Å². The molecule has 4 nitrogen and oxygen atoms in total. The van der Waals surface area contributed by atoms with Gasteiger partial charge in [0.05, 0.1) is 11.0 Å². The molecule has 1 aliphatic rings. The SMILES string of the molecule is NC1CCCN(c2nc3ccccc3[nH]2)C1. The lowest BCUT2D eigenvalue weighted by atomic mass is 10.1. The van der Waals surface area contributed by atoms with E-state index in [2.05, 4.69) is 20.9 Å². The number of benzene rings is 1. The molecule has 1 saturated heterocycles. The van der Waals surface area contributed by atoms with Gasteiger partial charge in [-0.1, -0.05) is 12.1 Å². The highest BCUT2D eigenvalue weighted by Gasteiger charge is 2.19. The summed E-state index contributed by atoms with van der Waals surface area (Å²) in [5, 5.41) is 0. The van der Waals surface area contributed by atoms with Crippen molar-refractivity contribution in [3.05, 3.63) is 24.3 Å². The van der Waals surface area contributed by atoms with Crippen molar-refractivity contribution in [2.75, 3.05) is 18.0 Å². The molecule has 84 valence electrons. The number of hydrogen-bond donors (Lipinski definition) is 2. The first kappa shape index (κ1) is 9.66. The Morgan fingerprint density at radius 2 is 2.25 bits per heavy atom. The van der Waals surface area contributed by atoms with Gasteiger partial charge in [0.2, 0.25) is 5.95 Å². The first-order valence-electron chi connectivity index (χ1n) is 5.78. The van der Waals surface area contributed by atoms with Crippen LogP contribution < -0.4 is 10.6 Å². The molecule has 0 aliphatic carbocycles. The minimum Gasteiger partial charge on any atom is -0.341 e. The van der Waals surface area contributed by atoms with Crippen molar-refractivity contribution in [1.29, 1.82) is 0 Å². The van der Waals surface area contributed by atoms with Crippen LogP contribution in [-0.4, -0.2) is 29.1 Å². The monoisotopic (exact) mass is 216 g/mol. The fourth-order valence-electron chi connectivity index (χ4n) is 2.29. The molecule has 3 N–H and O–H groups in total. The topological polar surface area (TPSA) is 57.9 Å². The molecular weight excluding hydrogens is 200 g/mol. The summed E-state index contributed by atoms with van der Waals surface area (Å²) in [6.45, 7) is 1.95. The number of piperidine rings is 1. The molecule has 3 rings (SSSR count). The van der Waals surface area contributed by atoms with E-state index < -0.39 is 0 Å². The van der Waals surface area contributed by atoms with Gasteiger partial charge in [0.25, 0.3) is 0 Å². The van der Waals surface area contributed by atoms with Crippen LogP contribution in [0.4, 0.5) is 5.95 Å². The maximum absolute atomic E-state index is 5.97. The number of hydrogen-bond acceptors (Lipinski definition) is 3. The summed E-state index contributed by atoms with van der Waals surface area (Å²) in [5.41, 5.74) is 8.09. The van der Waals surface area contributed by atoms with Gasteiger partial charge in [-0.15, -0.1) is 0 Å². The summed E-state index contributed by atoms with van der Waals surface area (Å²) < 4.78 is 0. The van der Waals surface area contributed by atoms with Gasteiger partial charge >= 0.3 is 0 Å². The summed E-state index contributed by atoms with van der Waals surface area (Å²) in [6, 6.07) is 8.39. The van der Waals surface area contributed by atoms with Gasteiger partial charge in [-0.25, -0.2) is 4.98 Å². The van der Waals surface area contributed by atoms with Gasteiger partial charge in [-0.2, -0.15) is 0 Å². The molecule has 0 bridgehead atoms. The number of nitrogens with two attached hydrogens (primary N) is 1. The Morgan fingerprint density at radius 1 is 1.38 bits per heavy atom. The lowest BCUT2D eigenvalue weighted by Gasteiger charge is -2.30. The van der Waals surface area contributed by atoms with E-state index >= 15 is 0 Å². The summed E-state index contributed by atoms with van der Waals surface area (Å²) >= 11 is 0. The zero-order valence-electron chi connectivity index (χ0n) is 9.19. The minimum atomic E-state index is 0.280. The van der Waals surface area contributed by atoms with Crippen LogP contribution in [0.2, 0.25) is 0 Å². The lowest BCUT2D eigenvalue weighted by molar-refractivity contribution is 0.501. The average molecular weight is 216 g/mol. The summed E-state index contributed by atoms with van der Waals surface area (Å²) in [5.74, 6) is 0.955. The number of aromatic nitrogens is 2. The molecule has 1 aromatic carbocycles. The van der Waals surface area contributed by atoms with Crippen LogP contribution in [0, 0.1) is 0 Å². The Hall–Kier alpha value is -1.55. The minimum absolute atomic E-state index is 0.280. The normalized spacial score (nSPS) is 21.6. The van der Waals surface area contributed by atoms with Gasteiger partial charge < -0.3 is 15.6 Å². The summed E-state index contributed by atoms with van der Waals surface area (Å²) in [4.78, 5) is 10.2. The number of anilines is 1. The van der Waals surface area contributed by atoms with Crippen LogP contribution in [0.3, 0.4) is 0 Å². The molecule has 1 fully saturated rings. The van der Waals surface area contributed by atoms with Gasteiger partial charge in [-0.05, 0) is 25.0 Å². The third-order valence-corrected chi connectivity index (χ3v) is 3.13. The Kier molecular flexibility index (Phi) is 2.29. The Balaban J connectivity index is 1.93. The molecule has 16 heavy (non-hydrogen) atoms. The van der Waals surface area contributed by atoms with E-state index in [1.807, 2.05) is 18.2 Å². The molecule has 1 atom stereocenters. The Bertz CT molecular complexity index is 457. The van der Waals surface area contributed by atoms with Crippen molar-refractivity contribution in [2.45, 2.75) is 18.9 Å². The number of H-pyrrole nitrogens is 1. The van der Waals surface area contributed by atoms with Crippen molar-refractivity contribution >= 4 is 17.0 Å². The molecule has 0 spiro atoms. The highest BCUT2D eigenvalue weighted by atomic mass is 15.3. The highest BCUT2D eigenvalue weighted by molar-refractivity contribution is 5.77. The first-order chi connectivity index (χ1) is 7.83. The smallest absolute Gasteiger partial charge is 0.203 e. The van der Waals surface area contributed by atoms with Crippen molar-refractivity contribution in [2.24, 2.45) is 5.73 Å². The van der Waals surface area contributed by atoms with Crippen molar-refractivity contribution in [3.8, 4) is 0 Å². The zero-order chi connectivity index (χ0) is 11.0. The second-order valence-corrected chi connectivity index (χ2v) is 4.43. The number of aromatic amines is 1. The summed E-state index contributed by atoms with van der Waals surface area (Å²) in [6.07, 6.45) is 2.27. The van der Waals surface area contributed by atoms with E-state index in [0.717, 1.165) is 42.9 Å². The fourth-order valence-corrected chi connectivity index (χ4v) is 2.29. The standard InChI is InChI=1S/C12H16N4/c13-9-4-3-7-16(8-9)12-14-10-5-1-2-6-11(10)15-12/h1-2,5-6,9H,3-4,7-8,13H2,(H,14,15). The maximum Gasteiger partial charge on any atom is 0.203 e. The number of fused-ring (bicyclic) bond motifs is 1. The zero-order valence-corrected chi connectivity index (χ0v) is 9.19. The molecule has 0 radical (unpaired) electrons. The number of imidazole rings is 1. The molecule has 0 saturated carbocycles. The van der Waals surface area contributed by atoms with Crippen LogP contribution in [-0.2, 0) is 0 Å². The van der Waals surface area contributed by atoms with Crippen LogP contribution in [0.5, 0.6) is 0 Å². The number of para-hydroxylation sites is 2. The predicted octanol–water partition coefficient (Wildman–Crippen LogP) is 1.49. The van der Waals surface area contributed by atoms with Crippen LogP contribution in [0.1, 0.15) is 12.8 Å². The van der Waals surface area contributed by atoms with Gasteiger partial charge in [0.1, 0.15) is 0 Å². The lowest BCUT2D eigenvalue weighted by Crippen LogP contribution is -2.43. The van der Waals surface area contributed by atoms with Gasteiger partial charge in [0, 0.05) is 19.1 Å². The molecule has 1 aliphatic heterocycles. The van der Waals surface area contributed by atoms with Crippen LogP contribution in [0.25, 0.3) is 11.0 Å². The largest absolute Gasteiger partial charge is 0.341 e. The molecule has 4 heteroatoms. The molecule has 2 heterocycles. The maximum atomic E-state index is 5.97. The van der Waals surface area contributed by atoms with E-state index in [1.165, 1.54) is 0 Å². The highest BCUT2D eigenvalue weighted by Crippen LogP contribution is 2.20. The van der Waals surface area contributed by atoms with E-state index in [0.29, 0.717) is 0 Å². The third kappa shape index (κ3) is 1.65. The number of nitrogens with zero attached hydrogens (tertiary/aromatic N) is 2. The van der Waals surface area contributed by atoms with E-state index in [4.69, 9.17) is 5.73 Å². The average Bonchev–Trinajstić information content (AvgIpc) is 2.72. The predicted molar refractivity (Wildman–Crippen MR) is 65.5 cm³/mol. The number of rotatable bonds is 1. The molecule has 2 aromatic rings. The fraction of sp³-hybridized carbons (Fsp3) is 0.417. The van der Waals surface area contributed by atoms with Crippen LogP contribution >= 0.6 is 0 Å². The van der Waals surface area contributed by atoms with Crippen molar-refractivity contribution < 1.29 is 0 Å². The van der Waals surface area contributed by atoms with E-state index in [-0.39, 0.29) is 6.04 Å². The van der Waals surface area contributed by atoms with E-state index in [1.54, 1.807) is 0 Å². The third-order valence-electron chi connectivity index (χ3n) is 3.13. The Morgan fingerprint density at radius 3 is 3.06 bits per heavy atom. The molecular formula is C12H16N4.